The van der Waals surface area contributed by atoms with E-state index in [0.717, 1.165) is 103 Å². The monoisotopic (exact) mass is 1010 g/mol. The zero-order valence-corrected chi connectivity index (χ0v) is 47.3. The van der Waals surface area contributed by atoms with Gasteiger partial charge in [0.15, 0.2) is 0 Å². The van der Waals surface area contributed by atoms with Crippen LogP contribution in [0.2, 0.25) is 0 Å². The maximum atomic E-state index is 12.8. The van der Waals surface area contributed by atoms with E-state index in [1.807, 2.05) is 21.1 Å². The third kappa shape index (κ3) is 57.9. The minimum atomic E-state index is -4.55. The van der Waals surface area contributed by atoms with Crippen molar-refractivity contribution < 1.29 is 37.3 Å². The van der Waals surface area contributed by atoms with E-state index in [9.17, 15) is 14.3 Å². The van der Waals surface area contributed by atoms with Crippen LogP contribution in [0.25, 0.3) is 0 Å². The maximum absolute atomic E-state index is 12.8. The van der Waals surface area contributed by atoms with Gasteiger partial charge in [0.05, 0.1) is 34.4 Å². The Balaban J connectivity index is 4.19. The van der Waals surface area contributed by atoms with Crippen LogP contribution in [0.5, 0.6) is 0 Å². The summed E-state index contributed by atoms with van der Waals surface area (Å²) in [5, 5.41) is 0. The number of unbranched alkanes of at least 4 members (excludes halogenated alkanes) is 20. The first-order valence-corrected chi connectivity index (χ1v) is 30.1. The van der Waals surface area contributed by atoms with Crippen molar-refractivity contribution in [2.45, 2.75) is 225 Å². The van der Waals surface area contributed by atoms with Crippen molar-refractivity contribution >= 4 is 13.8 Å². The van der Waals surface area contributed by atoms with E-state index in [1.165, 1.54) is 96.3 Å². The Morgan fingerprint density at radius 2 is 0.817 bits per heavy atom. The van der Waals surface area contributed by atoms with E-state index in [0.29, 0.717) is 24.1 Å². The minimum absolute atomic E-state index is 0.0144. The molecule has 71 heavy (non-hydrogen) atoms. The van der Waals surface area contributed by atoms with Crippen LogP contribution in [0, 0.1) is 0 Å². The number of hydrogen-bond acceptors (Lipinski definition) is 7. The molecule has 2 unspecified atom stereocenters. The Kier molecular flexibility index (Phi) is 51.3. The summed E-state index contributed by atoms with van der Waals surface area (Å²) < 4.78 is 34.8. The third-order valence-corrected chi connectivity index (χ3v) is 12.8. The summed E-state index contributed by atoms with van der Waals surface area (Å²) in [6.07, 6.45) is 75.5. The second-order valence-corrected chi connectivity index (χ2v) is 21.3. The molecule has 0 aliphatic heterocycles. The van der Waals surface area contributed by atoms with Crippen molar-refractivity contribution in [2.24, 2.45) is 0 Å². The van der Waals surface area contributed by atoms with Crippen molar-refractivity contribution in [2.75, 3.05) is 54.1 Å². The third-order valence-electron chi connectivity index (χ3n) is 11.8. The standard InChI is InChI=1S/C62H108NO7P/c1-6-8-10-12-14-16-18-20-22-24-26-28-30-31-32-34-36-38-40-42-44-46-48-50-52-54-57-67-59-61(60-69-71(65,66)68-58-56-63(3,4)5)70-62(64)55-53-51-49-47-45-43-41-39-37-35-33-29-27-25-23-21-19-17-15-13-11-9-7-2/h8,10,14,16,19-22,25-28,31-32,36,38,42,44,61H,6-7,9,11-13,15,17-18,23-24,29-30,33-35,37,39-41,43,45-60H2,1-5H3/b10-8-,16-14-,21-19-,22-20-,27-25-,28-26-,32-31-,38-36-,44-42-. The lowest BCUT2D eigenvalue weighted by Crippen LogP contribution is -2.37. The fraction of sp³-hybridized carbons (Fsp3) is 0.694. The van der Waals surface area contributed by atoms with E-state index < -0.39 is 13.9 Å². The van der Waals surface area contributed by atoms with Gasteiger partial charge in [0.2, 0.25) is 0 Å². The van der Waals surface area contributed by atoms with Crippen molar-refractivity contribution in [3.8, 4) is 0 Å². The van der Waals surface area contributed by atoms with Gasteiger partial charge in [-0.2, -0.15) is 0 Å². The largest absolute Gasteiger partial charge is 0.756 e. The highest BCUT2D eigenvalue weighted by Gasteiger charge is 2.20. The molecule has 2 atom stereocenters. The van der Waals surface area contributed by atoms with E-state index >= 15 is 0 Å². The van der Waals surface area contributed by atoms with Crippen LogP contribution in [-0.2, 0) is 27.9 Å². The van der Waals surface area contributed by atoms with Gasteiger partial charge in [-0.3, -0.25) is 9.36 Å². The number of phosphoric acid groups is 1. The number of quaternary nitrogens is 1. The van der Waals surface area contributed by atoms with E-state index in [-0.39, 0.29) is 25.8 Å². The number of rotatable bonds is 52. The molecule has 0 aliphatic rings. The van der Waals surface area contributed by atoms with Crippen LogP contribution in [0.1, 0.15) is 219 Å². The van der Waals surface area contributed by atoms with Crippen molar-refractivity contribution in [3.63, 3.8) is 0 Å². The lowest BCUT2D eigenvalue weighted by atomic mass is 10.0. The molecule has 408 valence electrons. The Labute approximate surface area is 438 Å². The fourth-order valence-corrected chi connectivity index (χ4v) is 8.17. The van der Waals surface area contributed by atoms with Gasteiger partial charge in [-0.05, 0) is 103 Å². The number of carbonyl (C=O) groups is 1. The highest BCUT2D eigenvalue weighted by Crippen LogP contribution is 2.38. The number of likely N-dealkylation sites (N-methyl/N-ethyl adjacent to an activating group) is 1. The van der Waals surface area contributed by atoms with Gasteiger partial charge >= 0.3 is 5.97 Å². The molecule has 9 heteroatoms. The van der Waals surface area contributed by atoms with Crippen LogP contribution in [0.3, 0.4) is 0 Å². The van der Waals surface area contributed by atoms with Crippen LogP contribution in [0.4, 0.5) is 0 Å². The van der Waals surface area contributed by atoms with E-state index in [4.69, 9.17) is 18.5 Å². The molecule has 0 N–H and O–H groups in total. The predicted octanol–water partition coefficient (Wildman–Crippen LogP) is 17.7. The molecule has 0 bridgehead atoms. The van der Waals surface area contributed by atoms with Gasteiger partial charge in [-0.1, -0.05) is 220 Å². The smallest absolute Gasteiger partial charge is 0.306 e. The second-order valence-electron chi connectivity index (χ2n) is 19.9. The molecule has 0 spiro atoms. The SMILES string of the molecule is CC/C=C\C/C=C\C/C=C\C/C=C\C/C=C\C/C=C\C/C=C\CCCCCCOCC(COP(=O)([O-])OCC[N+](C)(C)C)OC(=O)CCCCCCCCCCCCC/C=C\C/C=C\CCCCCCC. The Bertz CT molecular complexity index is 1500. The maximum Gasteiger partial charge on any atom is 0.306 e. The molecule has 8 nitrogen and oxygen atoms in total. The predicted molar refractivity (Wildman–Crippen MR) is 304 cm³/mol. The minimum Gasteiger partial charge on any atom is -0.756 e. The summed E-state index contributed by atoms with van der Waals surface area (Å²) in [4.78, 5) is 25.3. The second kappa shape index (κ2) is 53.5. The average molecular weight is 1010 g/mol. The van der Waals surface area contributed by atoms with Crippen molar-refractivity contribution in [3.05, 3.63) is 109 Å². The fourth-order valence-electron chi connectivity index (χ4n) is 7.44. The highest BCUT2D eigenvalue weighted by molar-refractivity contribution is 7.45. The number of hydrogen-bond donors (Lipinski definition) is 0. The lowest BCUT2D eigenvalue weighted by Gasteiger charge is -2.28. The first-order valence-electron chi connectivity index (χ1n) is 28.6. The highest BCUT2D eigenvalue weighted by atomic mass is 31.2. The van der Waals surface area contributed by atoms with Crippen LogP contribution in [-0.4, -0.2) is 70.7 Å². The number of allylic oxidation sites excluding steroid dienone is 18. The first-order chi connectivity index (χ1) is 34.6. The van der Waals surface area contributed by atoms with Gasteiger partial charge in [-0.15, -0.1) is 0 Å². The van der Waals surface area contributed by atoms with Gasteiger partial charge in [0.25, 0.3) is 7.82 Å². The number of phosphoric ester groups is 1. The molecule has 0 aliphatic carbocycles. The van der Waals surface area contributed by atoms with Gasteiger partial charge in [-0.25, -0.2) is 0 Å². The van der Waals surface area contributed by atoms with Gasteiger partial charge < -0.3 is 27.9 Å². The van der Waals surface area contributed by atoms with Crippen LogP contribution >= 0.6 is 7.82 Å². The van der Waals surface area contributed by atoms with Crippen LogP contribution < -0.4 is 4.89 Å². The number of esters is 1. The molecule has 0 aromatic carbocycles. The Morgan fingerprint density at radius 1 is 0.451 bits per heavy atom. The summed E-state index contributed by atoms with van der Waals surface area (Å²) in [6, 6.07) is 0. The van der Waals surface area contributed by atoms with Crippen molar-refractivity contribution in [1.82, 2.24) is 0 Å². The normalized spacial score (nSPS) is 14.3. The average Bonchev–Trinajstić information content (AvgIpc) is 3.33. The summed E-state index contributed by atoms with van der Waals surface area (Å²) in [5.41, 5.74) is 0. The summed E-state index contributed by atoms with van der Waals surface area (Å²) in [5.74, 6) is -0.349. The number of carbonyl (C=O) groups excluding carboxylic acids is 1. The molecular weight excluding hydrogens is 902 g/mol. The molecule has 0 amide bonds. The zero-order chi connectivity index (χ0) is 51.9. The Morgan fingerprint density at radius 3 is 1.23 bits per heavy atom. The zero-order valence-electron chi connectivity index (χ0n) is 46.4. The molecule has 0 fully saturated rings. The van der Waals surface area contributed by atoms with E-state index in [1.54, 1.807) is 0 Å². The topological polar surface area (TPSA) is 94.1 Å². The molecule has 0 radical (unpaired) electrons. The van der Waals surface area contributed by atoms with Crippen LogP contribution in [0.15, 0.2) is 109 Å². The Hall–Kier alpha value is -2.84. The molecule has 0 saturated carbocycles. The van der Waals surface area contributed by atoms with Gasteiger partial charge in [0, 0.05) is 13.0 Å². The number of nitrogens with zero attached hydrogens (tertiary/aromatic N) is 1. The van der Waals surface area contributed by atoms with E-state index in [2.05, 4.69) is 123 Å². The molecule has 0 aromatic rings. The molecule has 0 heterocycles. The first kappa shape index (κ1) is 68.2. The lowest BCUT2D eigenvalue weighted by molar-refractivity contribution is -0.870. The summed E-state index contributed by atoms with van der Waals surface area (Å²) in [6.45, 7) is 5.21. The molecule has 0 saturated heterocycles. The summed E-state index contributed by atoms with van der Waals surface area (Å²) >= 11 is 0. The molecule has 0 rings (SSSR count). The molecule has 0 aromatic heterocycles. The molecular formula is C62H108NO7P. The van der Waals surface area contributed by atoms with Gasteiger partial charge in [0.1, 0.15) is 19.3 Å². The number of ether oxygens (including phenoxy) is 2. The van der Waals surface area contributed by atoms with Crippen molar-refractivity contribution in [1.29, 1.82) is 0 Å². The quantitative estimate of drug-likeness (QED) is 0.0197. The summed E-state index contributed by atoms with van der Waals surface area (Å²) in [7, 11) is 1.32.